The first-order valence-electron chi connectivity index (χ1n) is 4.09. The van der Waals surface area contributed by atoms with E-state index in [-0.39, 0.29) is 5.56 Å². The molecule has 2 rings (SSSR count). The number of halogens is 2. The summed E-state index contributed by atoms with van der Waals surface area (Å²) in [5.41, 5.74) is 0.776. The molecule has 0 radical (unpaired) electrons. The van der Waals surface area contributed by atoms with Crippen molar-refractivity contribution in [3.63, 3.8) is 0 Å². The van der Waals surface area contributed by atoms with Crippen LogP contribution in [0, 0.1) is 6.92 Å². The van der Waals surface area contributed by atoms with Gasteiger partial charge in [-0.2, -0.15) is 0 Å². The third-order valence-electron chi connectivity index (χ3n) is 2.23. The summed E-state index contributed by atoms with van der Waals surface area (Å²) in [4.78, 5) is 0. The van der Waals surface area contributed by atoms with E-state index in [4.69, 9.17) is 0 Å². The van der Waals surface area contributed by atoms with Gasteiger partial charge < -0.3 is 0 Å². The molecule has 14 heavy (non-hydrogen) atoms. The molecule has 1 aromatic carbocycles. The van der Waals surface area contributed by atoms with Gasteiger partial charge in [0.25, 0.3) is 6.43 Å². The van der Waals surface area contributed by atoms with E-state index in [2.05, 4.69) is 12.6 Å². The molecular weight excluding hydrogens is 222 g/mol. The first-order valence-corrected chi connectivity index (χ1v) is 5.36. The third-order valence-corrected chi connectivity index (χ3v) is 3.54. The molecule has 0 unspecified atom stereocenters. The first-order chi connectivity index (χ1) is 6.59. The Kier molecular flexibility index (Phi) is 2.49. The van der Waals surface area contributed by atoms with Gasteiger partial charge in [0.05, 0.1) is 4.21 Å². The number of thiol groups is 1. The molecule has 0 atom stereocenters. The van der Waals surface area contributed by atoms with E-state index < -0.39 is 6.43 Å². The summed E-state index contributed by atoms with van der Waals surface area (Å²) < 4.78 is 27.0. The van der Waals surface area contributed by atoms with Crippen LogP contribution in [0.5, 0.6) is 0 Å². The van der Waals surface area contributed by atoms with E-state index in [9.17, 15) is 8.78 Å². The SMILES string of the molecule is Cc1c(C(F)F)ccc2sc(S)cc12. The molecule has 0 nitrogen and oxygen atoms in total. The van der Waals surface area contributed by atoms with Crippen LogP contribution < -0.4 is 0 Å². The summed E-state index contributed by atoms with van der Waals surface area (Å²) in [6.45, 7) is 1.73. The maximum atomic E-state index is 12.5. The second-order valence-electron chi connectivity index (χ2n) is 3.08. The average molecular weight is 230 g/mol. The largest absolute Gasteiger partial charge is 0.264 e. The Balaban J connectivity index is 2.74. The fourth-order valence-electron chi connectivity index (χ4n) is 1.49. The zero-order valence-electron chi connectivity index (χ0n) is 7.42. The second kappa shape index (κ2) is 3.51. The van der Waals surface area contributed by atoms with Crippen LogP contribution >= 0.6 is 24.0 Å². The van der Waals surface area contributed by atoms with Gasteiger partial charge in [-0.05, 0) is 30.0 Å². The van der Waals surface area contributed by atoms with Crippen molar-refractivity contribution in [1.82, 2.24) is 0 Å². The Morgan fingerprint density at radius 3 is 2.71 bits per heavy atom. The quantitative estimate of drug-likeness (QED) is 0.688. The molecule has 0 N–H and O–H groups in total. The van der Waals surface area contributed by atoms with Crippen molar-refractivity contribution in [3.05, 3.63) is 29.3 Å². The summed E-state index contributed by atoms with van der Waals surface area (Å²) in [5.74, 6) is 0. The van der Waals surface area contributed by atoms with Gasteiger partial charge in [0.1, 0.15) is 0 Å². The minimum atomic E-state index is -2.40. The van der Waals surface area contributed by atoms with Crippen LogP contribution in [0.15, 0.2) is 22.4 Å². The summed E-state index contributed by atoms with van der Waals surface area (Å²) in [6, 6.07) is 5.06. The molecule has 0 aliphatic rings. The topological polar surface area (TPSA) is 0 Å². The van der Waals surface area contributed by atoms with Crippen LogP contribution in [0.3, 0.4) is 0 Å². The van der Waals surface area contributed by atoms with Crippen molar-refractivity contribution in [1.29, 1.82) is 0 Å². The number of hydrogen-bond donors (Lipinski definition) is 1. The Morgan fingerprint density at radius 1 is 1.36 bits per heavy atom. The molecule has 0 aliphatic carbocycles. The van der Waals surface area contributed by atoms with Gasteiger partial charge >= 0.3 is 0 Å². The highest BCUT2D eigenvalue weighted by atomic mass is 32.2. The molecule has 0 saturated carbocycles. The fourth-order valence-corrected chi connectivity index (χ4v) is 2.78. The maximum absolute atomic E-state index is 12.5. The van der Waals surface area contributed by atoms with Crippen LogP contribution in [0.2, 0.25) is 0 Å². The summed E-state index contributed by atoms with van der Waals surface area (Å²) in [6.07, 6.45) is -2.40. The van der Waals surface area contributed by atoms with E-state index >= 15 is 0 Å². The predicted molar refractivity (Wildman–Crippen MR) is 58.8 cm³/mol. The van der Waals surface area contributed by atoms with Crippen LogP contribution in [-0.4, -0.2) is 0 Å². The predicted octanol–water partition coefficient (Wildman–Crippen LogP) is 4.44. The lowest BCUT2D eigenvalue weighted by molar-refractivity contribution is 0.151. The van der Waals surface area contributed by atoms with Crippen molar-refractivity contribution in [2.24, 2.45) is 0 Å². The molecular formula is C10H8F2S2. The number of alkyl halides is 2. The minimum absolute atomic E-state index is 0.114. The summed E-state index contributed by atoms with van der Waals surface area (Å²) in [5, 5.41) is 0.887. The monoisotopic (exact) mass is 230 g/mol. The number of aryl methyl sites for hydroxylation is 1. The Labute approximate surface area is 90.0 Å². The molecule has 0 spiro atoms. The lowest BCUT2D eigenvalue weighted by atomic mass is 10.1. The number of hydrogen-bond acceptors (Lipinski definition) is 2. The normalized spacial score (nSPS) is 11.5. The zero-order chi connectivity index (χ0) is 10.3. The van der Waals surface area contributed by atoms with Crippen molar-refractivity contribution in [2.45, 2.75) is 17.6 Å². The molecule has 1 heterocycles. The number of fused-ring (bicyclic) bond motifs is 1. The highest BCUT2D eigenvalue weighted by molar-refractivity contribution is 7.83. The van der Waals surface area contributed by atoms with Gasteiger partial charge in [0.2, 0.25) is 0 Å². The average Bonchev–Trinajstić information content (AvgIpc) is 2.46. The van der Waals surface area contributed by atoms with E-state index in [1.165, 1.54) is 17.4 Å². The van der Waals surface area contributed by atoms with Crippen molar-refractivity contribution < 1.29 is 8.78 Å². The first kappa shape index (κ1) is 9.93. The third kappa shape index (κ3) is 1.53. The van der Waals surface area contributed by atoms with Gasteiger partial charge in [-0.1, -0.05) is 6.07 Å². The highest BCUT2D eigenvalue weighted by Crippen LogP contribution is 2.34. The molecule has 1 aromatic heterocycles. The Bertz CT molecular complexity index is 474. The van der Waals surface area contributed by atoms with Crippen molar-refractivity contribution >= 4 is 34.1 Å². The standard InChI is InChI=1S/C10H8F2S2/c1-5-6(10(11)12)2-3-8-7(5)4-9(13)14-8/h2-4,10,13H,1H3. The van der Waals surface area contributed by atoms with Gasteiger partial charge in [-0.25, -0.2) is 8.78 Å². The van der Waals surface area contributed by atoms with Gasteiger partial charge in [-0.15, -0.1) is 24.0 Å². The Hall–Kier alpha value is -0.610. The molecule has 0 bridgehead atoms. The van der Waals surface area contributed by atoms with Crippen molar-refractivity contribution in [3.8, 4) is 0 Å². The van der Waals surface area contributed by atoms with E-state index in [1.54, 1.807) is 13.0 Å². The Morgan fingerprint density at radius 2 is 2.07 bits per heavy atom. The molecule has 0 aliphatic heterocycles. The van der Waals surface area contributed by atoms with Crippen molar-refractivity contribution in [2.75, 3.05) is 0 Å². The molecule has 74 valence electrons. The number of rotatable bonds is 1. The van der Waals surface area contributed by atoms with E-state index in [0.717, 1.165) is 14.3 Å². The lowest BCUT2D eigenvalue weighted by Crippen LogP contribution is -1.88. The van der Waals surface area contributed by atoms with Crippen LogP contribution in [0.25, 0.3) is 10.1 Å². The van der Waals surface area contributed by atoms with Crippen LogP contribution in [0.1, 0.15) is 17.6 Å². The lowest BCUT2D eigenvalue weighted by Gasteiger charge is -2.04. The number of benzene rings is 1. The summed E-state index contributed by atoms with van der Waals surface area (Å²) in [7, 11) is 0. The molecule has 4 heteroatoms. The maximum Gasteiger partial charge on any atom is 0.264 e. The van der Waals surface area contributed by atoms with Gasteiger partial charge in [0, 0.05) is 10.3 Å². The van der Waals surface area contributed by atoms with Crippen LogP contribution in [-0.2, 0) is 0 Å². The second-order valence-corrected chi connectivity index (χ2v) is 4.95. The highest BCUT2D eigenvalue weighted by Gasteiger charge is 2.13. The minimum Gasteiger partial charge on any atom is -0.205 e. The van der Waals surface area contributed by atoms with Crippen LogP contribution in [0.4, 0.5) is 8.78 Å². The van der Waals surface area contributed by atoms with E-state index in [0.29, 0.717) is 5.56 Å². The van der Waals surface area contributed by atoms with E-state index in [1.807, 2.05) is 6.07 Å². The summed E-state index contributed by atoms with van der Waals surface area (Å²) >= 11 is 5.71. The van der Waals surface area contributed by atoms with Gasteiger partial charge in [0.15, 0.2) is 0 Å². The molecule has 2 aromatic rings. The molecule has 0 amide bonds. The zero-order valence-corrected chi connectivity index (χ0v) is 9.13. The number of thiophene rings is 1. The van der Waals surface area contributed by atoms with Gasteiger partial charge in [-0.3, -0.25) is 0 Å². The molecule has 0 fully saturated rings. The molecule has 0 saturated heterocycles. The fraction of sp³-hybridized carbons (Fsp3) is 0.200. The smallest absolute Gasteiger partial charge is 0.205 e.